The molecule has 1 fully saturated rings. The summed E-state index contributed by atoms with van der Waals surface area (Å²) in [6, 6.07) is 15.2. The number of hydrogen-bond donors (Lipinski definition) is 1. The van der Waals surface area contributed by atoms with Crippen molar-refractivity contribution in [2.24, 2.45) is 5.92 Å². The van der Waals surface area contributed by atoms with Crippen molar-refractivity contribution < 1.29 is 14.3 Å². The van der Waals surface area contributed by atoms with Gasteiger partial charge in [-0.2, -0.15) is 0 Å². The number of amides is 1. The Morgan fingerprint density at radius 1 is 1.15 bits per heavy atom. The molecule has 0 bridgehead atoms. The second-order valence-corrected chi connectivity index (χ2v) is 6.80. The Kier molecular flexibility index (Phi) is 6.12. The van der Waals surface area contributed by atoms with Gasteiger partial charge in [0.25, 0.3) is 5.91 Å². The molecule has 0 unspecified atom stereocenters. The Hall–Kier alpha value is -2.53. The van der Waals surface area contributed by atoms with Gasteiger partial charge in [0.1, 0.15) is 5.75 Å². The monoisotopic (exact) mass is 354 g/mol. The topological polar surface area (TPSA) is 50.8 Å². The van der Waals surface area contributed by atoms with Crippen molar-refractivity contribution in [1.82, 2.24) is 0 Å². The molecule has 0 saturated carbocycles. The summed E-state index contributed by atoms with van der Waals surface area (Å²) in [7, 11) is 0. The summed E-state index contributed by atoms with van der Waals surface area (Å²) in [4.78, 5) is 15.0. The summed E-state index contributed by atoms with van der Waals surface area (Å²) in [6.45, 7) is 7.88. The third-order valence-corrected chi connectivity index (χ3v) is 4.18. The summed E-state index contributed by atoms with van der Waals surface area (Å²) < 4.78 is 11.1. The van der Waals surface area contributed by atoms with Gasteiger partial charge < -0.3 is 19.7 Å². The molecule has 0 atom stereocenters. The molecule has 1 heterocycles. The largest absolute Gasteiger partial charge is 0.493 e. The third-order valence-electron chi connectivity index (χ3n) is 4.18. The van der Waals surface area contributed by atoms with Crippen molar-refractivity contribution in [3.8, 4) is 5.75 Å². The average Bonchev–Trinajstić information content (AvgIpc) is 2.68. The first kappa shape index (κ1) is 18.3. The fourth-order valence-corrected chi connectivity index (χ4v) is 2.84. The number of benzene rings is 2. The molecular weight excluding hydrogens is 328 g/mol. The van der Waals surface area contributed by atoms with Crippen molar-refractivity contribution in [1.29, 1.82) is 0 Å². The Morgan fingerprint density at radius 3 is 2.69 bits per heavy atom. The summed E-state index contributed by atoms with van der Waals surface area (Å²) in [5.74, 6) is 1.02. The quantitative estimate of drug-likeness (QED) is 0.857. The van der Waals surface area contributed by atoms with Crippen molar-refractivity contribution in [3.05, 3.63) is 54.1 Å². The first-order valence-electron chi connectivity index (χ1n) is 9.09. The van der Waals surface area contributed by atoms with Crippen LogP contribution in [0.1, 0.15) is 24.2 Å². The van der Waals surface area contributed by atoms with Crippen molar-refractivity contribution in [2.75, 3.05) is 43.1 Å². The molecule has 1 aliphatic rings. The molecular formula is C21H26N2O3. The number of carbonyl (C=O) groups excluding carboxylic acids is 1. The smallest absolute Gasteiger partial charge is 0.255 e. The van der Waals surface area contributed by atoms with Gasteiger partial charge in [-0.05, 0) is 36.2 Å². The zero-order valence-electron chi connectivity index (χ0n) is 15.4. The first-order valence-corrected chi connectivity index (χ1v) is 9.09. The molecule has 0 aromatic heterocycles. The van der Waals surface area contributed by atoms with Gasteiger partial charge in [0.15, 0.2) is 0 Å². The standard InChI is InChI=1S/C21H26N2O3/c1-16(2)15-26-18-7-5-6-17(14-18)21(24)22-19-8-3-4-9-20(19)23-10-12-25-13-11-23/h3-9,14,16H,10-13,15H2,1-2H3,(H,22,24). The minimum atomic E-state index is -0.138. The number of nitrogens with zero attached hydrogens (tertiary/aromatic N) is 1. The molecule has 0 aliphatic carbocycles. The van der Waals surface area contributed by atoms with Gasteiger partial charge in [-0.25, -0.2) is 0 Å². The average molecular weight is 354 g/mol. The molecule has 3 rings (SSSR count). The van der Waals surface area contributed by atoms with E-state index in [1.807, 2.05) is 36.4 Å². The zero-order valence-corrected chi connectivity index (χ0v) is 15.4. The normalized spacial score (nSPS) is 14.3. The van der Waals surface area contributed by atoms with Crippen molar-refractivity contribution >= 4 is 17.3 Å². The SMILES string of the molecule is CC(C)COc1cccc(C(=O)Nc2ccccc2N2CCOCC2)c1. The molecule has 2 aromatic rings. The highest BCUT2D eigenvalue weighted by atomic mass is 16.5. The van der Waals surface area contributed by atoms with E-state index in [-0.39, 0.29) is 5.91 Å². The van der Waals surface area contributed by atoms with Gasteiger partial charge in [-0.3, -0.25) is 4.79 Å². The number of anilines is 2. The molecule has 2 aromatic carbocycles. The van der Waals surface area contributed by atoms with E-state index in [0.717, 1.165) is 24.5 Å². The highest BCUT2D eigenvalue weighted by Gasteiger charge is 2.16. The summed E-state index contributed by atoms with van der Waals surface area (Å²) in [5.41, 5.74) is 2.42. The maximum atomic E-state index is 12.7. The van der Waals surface area contributed by atoms with Crippen LogP contribution >= 0.6 is 0 Å². The van der Waals surface area contributed by atoms with Gasteiger partial charge in [-0.15, -0.1) is 0 Å². The molecule has 5 heteroatoms. The van der Waals surface area contributed by atoms with Crippen LogP contribution in [-0.2, 0) is 4.74 Å². The lowest BCUT2D eigenvalue weighted by atomic mass is 10.1. The van der Waals surface area contributed by atoms with E-state index in [1.165, 1.54) is 0 Å². The lowest BCUT2D eigenvalue weighted by molar-refractivity contribution is 0.102. The number of morpholine rings is 1. The van der Waals surface area contributed by atoms with Crippen LogP contribution in [-0.4, -0.2) is 38.8 Å². The molecule has 1 amide bonds. The molecule has 0 spiro atoms. The van der Waals surface area contributed by atoms with E-state index in [9.17, 15) is 4.79 Å². The second kappa shape index (κ2) is 8.72. The van der Waals surface area contributed by atoms with Gasteiger partial charge in [0.05, 0.1) is 31.2 Å². The van der Waals surface area contributed by atoms with E-state index >= 15 is 0 Å². The molecule has 1 aliphatic heterocycles. The predicted molar refractivity (Wildman–Crippen MR) is 104 cm³/mol. The Bertz CT molecular complexity index is 740. The van der Waals surface area contributed by atoms with E-state index in [4.69, 9.17) is 9.47 Å². The lowest BCUT2D eigenvalue weighted by Gasteiger charge is -2.30. The van der Waals surface area contributed by atoms with E-state index in [0.29, 0.717) is 37.1 Å². The van der Waals surface area contributed by atoms with Gasteiger partial charge in [-0.1, -0.05) is 32.0 Å². The zero-order chi connectivity index (χ0) is 18.4. The van der Waals surface area contributed by atoms with Crippen LogP contribution in [0, 0.1) is 5.92 Å². The number of ether oxygens (including phenoxy) is 2. The van der Waals surface area contributed by atoms with Crippen molar-refractivity contribution in [2.45, 2.75) is 13.8 Å². The Morgan fingerprint density at radius 2 is 1.92 bits per heavy atom. The maximum Gasteiger partial charge on any atom is 0.255 e. The van der Waals surface area contributed by atoms with Crippen LogP contribution in [0.2, 0.25) is 0 Å². The molecule has 138 valence electrons. The third kappa shape index (κ3) is 4.76. The number of nitrogens with one attached hydrogen (secondary N) is 1. The Labute approximate surface area is 154 Å². The summed E-state index contributed by atoms with van der Waals surface area (Å²) >= 11 is 0. The second-order valence-electron chi connectivity index (χ2n) is 6.80. The van der Waals surface area contributed by atoms with Crippen LogP contribution in [0.3, 0.4) is 0 Å². The predicted octanol–water partition coefficient (Wildman–Crippen LogP) is 3.81. The van der Waals surface area contributed by atoms with E-state index in [2.05, 4.69) is 24.1 Å². The van der Waals surface area contributed by atoms with Crippen LogP contribution < -0.4 is 15.0 Å². The fourth-order valence-electron chi connectivity index (χ4n) is 2.84. The number of para-hydroxylation sites is 2. The summed E-state index contributed by atoms with van der Waals surface area (Å²) in [5, 5.41) is 3.04. The minimum Gasteiger partial charge on any atom is -0.493 e. The Balaban J connectivity index is 1.73. The molecule has 1 N–H and O–H groups in total. The highest BCUT2D eigenvalue weighted by Crippen LogP contribution is 2.27. The van der Waals surface area contributed by atoms with Crippen LogP contribution in [0.5, 0.6) is 5.75 Å². The first-order chi connectivity index (χ1) is 12.6. The van der Waals surface area contributed by atoms with Crippen molar-refractivity contribution in [3.63, 3.8) is 0 Å². The number of hydrogen-bond acceptors (Lipinski definition) is 4. The van der Waals surface area contributed by atoms with Gasteiger partial charge in [0.2, 0.25) is 0 Å². The van der Waals surface area contributed by atoms with Gasteiger partial charge in [0, 0.05) is 18.7 Å². The highest BCUT2D eigenvalue weighted by molar-refractivity contribution is 6.06. The number of rotatable bonds is 6. The molecule has 0 radical (unpaired) electrons. The summed E-state index contributed by atoms with van der Waals surface area (Å²) in [6.07, 6.45) is 0. The van der Waals surface area contributed by atoms with Gasteiger partial charge >= 0.3 is 0 Å². The molecule has 26 heavy (non-hydrogen) atoms. The fraction of sp³-hybridized carbons (Fsp3) is 0.381. The van der Waals surface area contributed by atoms with Crippen LogP contribution in [0.25, 0.3) is 0 Å². The number of carbonyl (C=O) groups is 1. The van der Waals surface area contributed by atoms with E-state index in [1.54, 1.807) is 12.1 Å². The molecule has 5 nitrogen and oxygen atoms in total. The van der Waals surface area contributed by atoms with Crippen LogP contribution in [0.15, 0.2) is 48.5 Å². The molecule has 1 saturated heterocycles. The van der Waals surface area contributed by atoms with E-state index < -0.39 is 0 Å². The van der Waals surface area contributed by atoms with Crippen LogP contribution in [0.4, 0.5) is 11.4 Å². The lowest BCUT2D eigenvalue weighted by Crippen LogP contribution is -2.36. The minimum absolute atomic E-state index is 0.138. The maximum absolute atomic E-state index is 12.7.